The number of morpholine rings is 1. The molecule has 1 N–H and O–H groups in total. The van der Waals surface area contributed by atoms with Crippen molar-refractivity contribution in [1.29, 1.82) is 0 Å². The molecule has 0 aliphatic carbocycles. The van der Waals surface area contributed by atoms with Gasteiger partial charge in [0.1, 0.15) is 5.60 Å². The molecule has 1 spiro atoms. The average molecular weight is 199 g/mol. The van der Waals surface area contributed by atoms with Crippen molar-refractivity contribution in [1.82, 2.24) is 5.32 Å². The Hall–Kier alpha value is -0.120. The van der Waals surface area contributed by atoms with E-state index in [1.54, 1.807) is 0 Å². The third-order valence-electron chi connectivity index (χ3n) is 3.78. The topological polar surface area (TPSA) is 30.5 Å². The number of nitrogens with one attached hydrogen (secondary N) is 1. The van der Waals surface area contributed by atoms with Crippen LogP contribution in [-0.4, -0.2) is 37.0 Å². The van der Waals surface area contributed by atoms with Crippen LogP contribution in [0.4, 0.5) is 0 Å². The normalized spacial score (nSPS) is 41.8. The average Bonchev–Trinajstić information content (AvgIpc) is 2.44. The van der Waals surface area contributed by atoms with E-state index in [-0.39, 0.29) is 11.2 Å². The van der Waals surface area contributed by atoms with E-state index in [0.717, 1.165) is 32.6 Å². The lowest BCUT2D eigenvalue weighted by molar-refractivity contribution is -0.170. The van der Waals surface area contributed by atoms with Crippen molar-refractivity contribution in [2.24, 2.45) is 0 Å². The van der Waals surface area contributed by atoms with Gasteiger partial charge in [0.15, 0.2) is 0 Å². The highest BCUT2D eigenvalue weighted by Crippen LogP contribution is 2.43. The fraction of sp³-hybridized carbons (Fsp3) is 1.00. The van der Waals surface area contributed by atoms with Gasteiger partial charge in [0.25, 0.3) is 0 Å². The highest BCUT2D eigenvalue weighted by Gasteiger charge is 2.56. The Balaban J connectivity index is 2.26. The van der Waals surface area contributed by atoms with Gasteiger partial charge in [0.05, 0.1) is 18.8 Å². The maximum Gasteiger partial charge on any atom is 0.114 e. The standard InChI is InChI=1S/C11H21NO2/c1-4-9-11(14-8-6-12-9)5-7-13-10(11,2)3/h9,12H,4-8H2,1-3H3. The van der Waals surface area contributed by atoms with Crippen LogP contribution >= 0.6 is 0 Å². The first-order valence-electron chi connectivity index (χ1n) is 5.64. The molecule has 3 nitrogen and oxygen atoms in total. The summed E-state index contributed by atoms with van der Waals surface area (Å²) in [4.78, 5) is 0. The van der Waals surface area contributed by atoms with Gasteiger partial charge in [-0.2, -0.15) is 0 Å². The third kappa shape index (κ3) is 1.30. The minimum atomic E-state index is -0.152. The molecule has 0 amide bonds. The maximum atomic E-state index is 6.06. The van der Waals surface area contributed by atoms with Gasteiger partial charge < -0.3 is 14.8 Å². The lowest BCUT2D eigenvalue weighted by Crippen LogP contribution is -2.65. The molecule has 2 aliphatic heterocycles. The highest BCUT2D eigenvalue weighted by molar-refractivity contribution is 5.09. The predicted molar refractivity (Wildman–Crippen MR) is 55.4 cm³/mol. The number of hydrogen-bond acceptors (Lipinski definition) is 3. The summed E-state index contributed by atoms with van der Waals surface area (Å²) in [6.45, 7) is 9.11. The van der Waals surface area contributed by atoms with Crippen molar-refractivity contribution in [3.05, 3.63) is 0 Å². The van der Waals surface area contributed by atoms with Crippen molar-refractivity contribution < 1.29 is 9.47 Å². The second kappa shape index (κ2) is 3.47. The first-order valence-corrected chi connectivity index (χ1v) is 5.64. The Morgan fingerprint density at radius 3 is 2.64 bits per heavy atom. The van der Waals surface area contributed by atoms with E-state index in [0.29, 0.717) is 6.04 Å². The monoisotopic (exact) mass is 199 g/mol. The molecular formula is C11H21NO2. The van der Waals surface area contributed by atoms with Crippen LogP contribution in [0.1, 0.15) is 33.6 Å². The summed E-state index contributed by atoms with van der Waals surface area (Å²) in [5.74, 6) is 0. The molecule has 2 saturated heterocycles. The summed E-state index contributed by atoms with van der Waals surface area (Å²) in [6, 6.07) is 0.439. The zero-order valence-electron chi connectivity index (χ0n) is 9.43. The zero-order valence-corrected chi connectivity index (χ0v) is 9.43. The van der Waals surface area contributed by atoms with Gasteiger partial charge in [0.2, 0.25) is 0 Å². The van der Waals surface area contributed by atoms with E-state index < -0.39 is 0 Å². The second-order valence-electron chi connectivity index (χ2n) is 4.76. The molecule has 0 aromatic rings. The molecule has 0 radical (unpaired) electrons. The van der Waals surface area contributed by atoms with Gasteiger partial charge in [-0.05, 0) is 20.3 Å². The molecular weight excluding hydrogens is 178 g/mol. The summed E-state index contributed by atoms with van der Waals surface area (Å²) in [5.41, 5.74) is -0.249. The lowest BCUT2D eigenvalue weighted by Gasteiger charge is -2.48. The molecule has 2 aliphatic rings. The molecule has 2 atom stereocenters. The quantitative estimate of drug-likeness (QED) is 0.691. The van der Waals surface area contributed by atoms with Crippen LogP contribution in [0.2, 0.25) is 0 Å². The predicted octanol–water partition coefficient (Wildman–Crippen LogP) is 1.32. The van der Waals surface area contributed by atoms with Gasteiger partial charge in [-0.1, -0.05) is 6.92 Å². The van der Waals surface area contributed by atoms with Crippen LogP contribution in [-0.2, 0) is 9.47 Å². The maximum absolute atomic E-state index is 6.06. The summed E-state index contributed by atoms with van der Waals surface area (Å²) in [5, 5.41) is 3.55. The molecule has 3 heteroatoms. The van der Waals surface area contributed by atoms with Crippen LogP contribution in [0.5, 0.6) is 0 Å². The highest BCUT2D eigenvalue weighted by atomic mass is 16.6. The smallest absolute Gasteiger partial charge is 0.114 e. The molecule has 0 aromatic carbocycles. The first kappa shape index (κ1) is 10.4. The van der Waals surface area contributed by atoms with Crippen molar-refractivity contribution in [2.75, 3.05) is 19.8 Å². The summed E-state index contributed by atoms with van der Waals surface area (Å²) >= 11 is 0. The Bertz CT molecular complexity index is 217. The molecule has 0 bridgehead atoms. The largest absolute Gasteiger partial charge is 0.372 e. The summed E-state index contributed by atoms with van der Waals surface area (Å²) in [6.07, 6.45) is 2.12. The van der Waals surface area contributed by atoms with E-state index >= 15 is 0 Å². The Morgan fingerprint density at radius 2 is 2.07 bits per heavy atom. The molecule has 0 aromatic heterocycles. The zero-order chi connectivity index (χ0) is 10.2. The molecule has 2 unspecified atom stereocenters. The molecule has 2 fully saturated rings. The molecule has 14 heavy (non-hydrogen) atoms. The van der Waals surface area contributed by atoms with Crippen LogP contribution in [0.25, 0.3) is 0 Å². The van der Waals surface area contributed by atoms with E-state index in [1.165, 1.54) is 0 Å². The van der Waals surface area contributed by atoms with Gasteiger partial charge in [-0.25, -0.2) is 0 Å². The number of rotatable bonds is 1. The number of ether oxygens (including phenoxy) is 2. The third-order valence-corrected chi connectivity index (χ3v) is 3.78. The van der Waals surface area contributed by atoms with Crippen LogP contribution in [0, 0.1) is 0 Å². The minimum absolute atomic E-state index is 0.0972. The molecule has 2 rings (SSSR count). The van der Waals surface area contributed by atoms with Gasteiger partial charge >= 0.3 is 0 Å². The van der Waals surface area contributed by atoms with Crippen LogP contribution in [0.15, 0.2) is 0 Å². The SMILES string of the molecule is CCC1NCCOC12CCOC2(C)C. The van der Waals surface area contributed by atoms with Gasteiger partial charge in [-0.3, -0.25) is 0 Å². The van der Waals surface area contributed by atoms with E-state index in [2.05, 4.69) is 26.1 Å². The van der Waals surface area contributed by atoms with Crippen molar-refractivity contribution in [3.8, 4) is 0 Å². The second-order valence-corrected chi connectivity index (χ2v) is 4.76. The fourth-order valence-corrected chi connectivity index (χ4v) is 2.93. The van der Waals surface area contributed by atoms with Crippen molar-refractivity contribution in [2.45, 2.75) is 50.9 Å². The minimum Gasteiger partial charge on any atom is -0.372 e. The molecule has 82 valence electrons. The Kier molecular flexibility index (Phi) is 2.58. The Labute approximate surface area is 86.2 Å². The van der Waals surface area contributed by atoms with E-state index in [1.807, 2.05) is 0 Å². The van der Waals surface area contributed by atoms with Crippen LogP contribution in [0.3, 0.4) is 0 Å². The molecule has 0 saturated carbocycles. The van der Waals surface area contributed by atoms with Crippen molar-refractivity contribution >= 4 is 0 Å². The summed E-state index contributed by atoms with van der Waals surface area (Å²) < 4.78 is 11.9. The van der Waals surface area contributed by atoms with Crippen molar-refractivity contribution in [3.63, 3.8) is 0 Å². The lowest BCUT2D eigenvalue weighted by atomic mass is 9.77. The summed E-state index contributed by atoms with van der Waals surface area (Å²) in [7, 11) is 0. The first-order chi connectivity index (χ1) is 6.62. The van der Waals surface area contributed by atoms with Gasteiger partial charge in [0, 0.05) is 19.0 Å². The van der Waals surface area contributed by atoms with Gasteiger partial charge in [-0.15, -0.1) is 0 Å². The van der Waals surface area contributed by atoms with Crippen LogP contribution < -0.4 is 5.32 Å². The molecule has 2 heterocycles. The van der Waals surface area contributed by atoms with E-state index in [4.69, 9.17) is 9.47 Å². The fourth-order valence-electron chi connectivity index (χ4n) is 2.93. The van der Waals surface area contributed by atoms with E-state index in [9.17, 15) is 0 Å². The number of hydrogen-bond donors (Lipinski definition) is 1. The Morgan fingerprint density at radius 1 is 1.29 bits per heavy atom.